The first kappa shape index (κ1) is 19.0. The highest BCUT2D eigenvalue weighted by Gasteiger charge is 2.22. The summed E-state index contributed by atoms with van der Waals surface area (Å²) in [4.78, 5) is 12.7. The van der Waals surface area contributed by atoms with Crippen molar-refractivity contribution in [2.24, 2.45) is 0 Å². The summed E-state index contributed by atoms with van der Waals surface area (Å²) in [6.45, 7) is 2.34. The SMILES string of the molecule is C[C@H](NC(=O)C[NH2+][C@@H](c1ccccc1)c1ccco1)c1cccc2ccccc12. The third kappa shape index (κ3) is 4.39. The van der Waals surface area contributed by atoms with Crippen LogP contribution in [0.4, 0.5) is 0 Å². The van der Waals surface area contributed by atoms with Crippen LogP contribution in [0, 0.1) is 0 Å². The quantitative estimate of drug-likeness (QED) is 0.506. The summed E-state index contributed by atoms with van der Waals surface area (Å²) in [7, 11) is 0. The zero-order valence-electron chi connectivity index (χ0n) is 16.4. The summed E-state index contributed by atoms with van der Waals surface area (Å²) in [5, 5.41) is 7.50. The zero-order chi connectivity index (χ0) is 20.1. The maximum absolute atomic E-state index is 12.7. The summed E-state index contributed by atoms with van der Waals surface area (Å²) in [5.74, 6) is 0.837. The van der Waals surface area contributed by atoms with E-state index < -0.39 is 0 Å². The number of hydrogen-bond donors (Lipinski definition) is 2. The number of rotatable bonds is 7. The standard InChI is InChI=1S/C25H24N2O2/c1-18(21-14-7-12-19-9-5-6-13-22(19)21)27-24(28)17-26-25(23-15-8-16-29-23)20-10-3-2-4-11-20/h2-16,18,25-26H,17H2,1H3,(H,27,28)/p+1/t18-,25-/m0/s1. The number of hydrogen-bond acceptors (Lipinski definition) is 2. The van der Waals surface area contributed by atoms with Crippen LogP contribution in [0.15, 0.2) is 95.6 Å². The largest absolute Gasteiger partial charge is 0.463 e. The average molecular weight is 385 g/mol. The van der Waals surface area contributed by atoms with Crippen molar-refractivity contribution in [3.63, 3.8) is 0 Å². The van der Waals surface area contributed by atoms with E-state index in [1.165, 1.54) is 10.8 Å². The lowest BCUT2D eigenvalue weighted by Crippen LogP contribution is -2.87. The summed E-state index contributed by atoms with van der Waals surface area (Å²) >= 11 is 0. The van der Waals surface area contributed by atoms with Gasteiger partial charge in [0.15, 0.2) is 18.3 Å². The molecule has 0 bridgehead atoms. The minimum absolute atomic E-state index is 0.00192. The van der Waals surface area contributed by atoms with Gasteiger partial charge in [-0.3, -0.25) is 4.79 Å². The van der Waals surface area contributed by atoms with Crippen molar-refractivity contribution >= 4 is 16.7 Å². The van der Waals surface area contributed by atoms with Gasteiger partial charge in [0, 0.05) is 5.56 Å². The fourth-order valence-corrected chi connectivity index (χ4v) is 3.78. The number of fused-ring (bicyclic) bond motifs is 1. The zero-order valence-corrected chi connectivity index (χ0v) is 16.4. The molecule has 3 aromatic carbocycles. The van der Waals surface area contributed by atoms with Crippen molar-refractivity contribution < 1.29 is 14.5 Å². The average Bonchev–Trinajstić information content (AvgIpc) is 3.29. The van der Waals surface area contributed by atoms with Gasteiger partial charge in [0.2, 0.25) is 0 Å². The van der Waals surface area contributed by atoms with Gasteiger partial charge < -0.3 is 15.1 Å². The molecule has 0 aliphatic rings. The lowest BCUT2D eigenvalue weighted by molar-refractivity contribution is -0.678. The lowest BCUT2D eigenvalue weighted by atomic mass is 9.99. The summed E-state index contributed by atoms with van der Waals surface area (Å²) < 4.78 is 5.62. The van der Waals surface area contributed by atoms with Crippen LogP contribution in [0.2, 0.25) is 0 Å². The van der Waals surface area contributed by atoms with Gasteiger partial charge in [-0.15, -0.1) is 0 Å². The molecule has 4 aromatic rings. The second-order valence-corrected chi connectivity index (χ2v) is 7.20. The van der Waals surface area contributed by atoms with E-state index in [0.717, 1.165) is 16.9 Å². The van der Waals surface area contributed by atoms with Gasteiger partial charge in [0.25, 0.3) is 5.91 Å². The Morgan fingerprint density at radius 2 is 1.69 bits per heavy atom. The predicted molar refractivity (Wildman–Crippen MR) is 114 cm³/mol. The number of amides is 1. The van der Waals surface area contributed by atoms with Crippen molar-refractivity contribution in [3.05, 3.63) is 108 Å². The highest BCUT2D eigenvalue weighted by Crippen LogP contribution is 2.24. The van der Waals surface area contributed by atoms with Gasteiger partial charge in [-0.05, 0) is 35.4 Å². The molecule has 0 aliphatic heterocycles. The molecule has 2 atom stereocenters. The van der Waals surface area contributed by atoms with E-state index in [-0.39, 0.29) is 18.0 Å². The number of benzene rings is 3. The third-order valence-electron chi connectivity index (χ3n) is 5.21. The number of furan rings is 1. The predicted octanol–water partition coefficient (Wildman–Crippen LogP) is 3.96. The molecule has 0 saturated heterocycles. The Morgan fingerprint density at radius 1 is 0.931 bits per heavy atom. The molecule has 1 aromatic heterocycles. The second-order valence-electron chi connectivity index (χ2n) is 7.20. The fraction of sp³-hybridized carbons (Fsp3) is 0.160. The lowest BCUT2D eigenvalue weighted by Gasteiger charge is -2.18. The van der Waals surface area contributed by atoms with Crippen LogP contribution in [0.1, 0.15) is 35.9 Å². The molecule has 146 valence electrons. The summed E-state index contributed by atoms with van der Waals surface area (Å²) in [6, 6.07) is 28.3. The van der Waals surface area contributed by atoms with Crippen LogP contribution in [-0.2, 0) is 4.79 Å². The van der Waals surface area contributed by atoms with Gasteiger partial charge in [0.1, 0.15) is 0 Å². The molecule has 3 N–H and O–H groups in total. The molecule has 0 fully saturated rings. The number of carbonyl (C=O) groups is 1. The van der Waals surface area contributed by atoms with E-state index in [1.807, 2.05) is 60.8 Å². The fourth-order valence-electron chi connectivity index (χ4n) is 3.78. The maximum Gasteiger partial charge on any atom is 0.275 e. The Kier molecular flexibility index (Phi) is 5.73. The molecular weight excluding hydrogens is 360 g/mol. The van der Waals surface area contributed by atoms with Crippen LogP contribution in [-0.4, -0.2) is 12.5 Å². The molecule has 29 heavy (non-hydrogen) atoms. The highest BCUT2D eigenvalue weighted by atomic mass is 16.3. The highest BCUT2D eigenvalue weighted by molar-refractivity contribution is 5.87. The van der Waals surface area contributed by atoms with Gasteiger partial charge >= 0.3 is 0 Å². The van der Waals surface area contributed by atoms with Gasteiger partial charge in [-0.25, -0.2) is 0 Å². The van der Waals surface area contributed by atoms with E-state index >= 15 is 0 Å². The minimum Gasteiger partial charge on any atom is -0.463 e. The molecule has 1 amide bonds. The first-order valence-electron chi connectivity index (χ1n) is 9.91. The Bertz CT molecular complexity index is 1070. The van der Waals surface area contributed by atoms with Crippen LogP contribution in [0.25, 0.3) is 10.8 Å². The molecule has 0 saturated carbocycles. The Labute approximate surface area is 170 Å². The molecule has 4 rings (SSSR count). The number of nitrogens with one attached hydrogen (secondary N) is 1. The van der Waals surface area contributed by atoms with E-state index in [9.17, 15) is 4.79 Å². The molecule has 0 unspecified atom stereocenters. The van der Waals surface area contributed by atoms with Crippen molar-refractivity contribution in [3.8, 4) is 0 Å². The maximum atomic E-state index is 12.7. The van der Waals surface area contributed by atoms with Crippen molar-refractivity contribution in [1.82, 2.24) is 5.32 Å². The van der Waals surface area contributed by atoms with Gasteiger partial charge in [-0.2, -0.15) is 0 Å². The van der Waals surface area contributed by atoms with Crippen LogP contribution >= 0.6 is 0 Å². The van der Waals surface area contributed by atoms with Crippen LogP contribution in [0.3, 0.4) is 0 Å². The molecule has 1 heterocycles. The molecule has 4 nitrogen and oxygen atoms in total. The third-order valence-corrected chi connectivity index (χ3v) is 5.21. The second kappa shape index (κ2) is 8.76. The molecular formula is C25H25N2O2+. The Balaban J connectivity index is 1.45. The van der Waals surface area contributed by atoms with Crippen molar-refractivity contribution in [1.29, 1.82) is 0 Å². The van der Waals surface area contributed by atoms with E-state index in [2.05, 4.69) is 41.7 Å². The van der Waals surface area contributed by atoms with Gasteiger partial charge in [0.05, 0.1) is 12.3 Å². The minimum atomic E-state index is -0.0687. The molecule has 0 spiro atoms. The normalized spacial score (nSPS) is 13.1. The Hall–Kier alpha value is -3.37. The summed E-state index contributed by atoms with van der Waals surface area (Å²) in [5.41, 5.74) is 2.24. The van der Waals surface area contributed by atoms with Crippen LogP contribution in [0.5, 0.6) is 0 Å². The van der Waals surface area contributed by atoms with Crippen LogP contribution < -0.4 is 10.6 Å². The van der Waals surface area contributed by atoms with E-state index in [0.29, 0.717) is 6.54 Å². The first-order chi connectivity index (χ1) is 14.2. The topological polar surface area (TPSA) is 58.9 Å². The molecule has 4 heteroatoms. The first-order valence-corrected chi connectivity index (χ1v) is 9.91. The van der Waals surface area contributed by atoms with Gasteiger partial charge in [-0.1, -0.05) is 72.8 Å². The number of quaternary nitrogens is 1. The van der Waals surface area contributed by atoms with E-state index in [1.54, 1.807) is 6.26 Å². The van der Waals surface area contributed by atoms with Crippen molar-refractivity contribution in [2.45, 2.75) is 19.0 Å². The van der Waals surface area contributed by atoms with E-state index in [4.69, 9.17) is 4.42 Å². The smallest absolute Gasteiger partial charge is 0.275 e. The van der Waals surface area contributed by atoms with Crippen molar-refractivity contribution in [2.75, 3.05) is 6.54 Å². The monoisotopic (exact) mass is 385 g/mol. The Morgan fingerprint density at radius 3 is 2.48 bits per heavy atom. The number of carbonyl (C=O) groups excluding carboxylic acids is 1. The molecule has 0 aliphatic carbocycles. The summed E-state index contributed by atoms with van der Waals surface area (Å²) in [6.07, 6.45) is 1.67. The molecule has 0 radical (unpaired) electrons. The number of nitrogens with two attached hydrogens (primary N) is 1.